The zero-order chi connectivity index (χ0) is 26.9. The molecule has 5 rings (SSSR count). The summed E-state index contributed by atoms with van der Waals surface area (Å²) in [6.07, 6.45) is 1.89. The van der Waals surface area contributed by atoms with Crippen LogP contribution in [-0.2, 0) is 10.1 Å². The van der Waals surface area contributed by atoms with E-state index in [9.17, 15) is 13.0 Å². The standard InChI is InChI=1S/C29H34N2O6S/c1-20-11-12-23(38(32,33)34)17-25(20)24-7-6-10-28-29(24)37-22(19-36-28)18-30(2)21-13-15-31(16-14-21)26-8-4-5-9-27(26)35-3/h4-12,17,21-22H,13-16,18-19H2,1-3H3,(H,32,33,34). The van der Waals surface area contributed by atoms with E-state index in [2.05, 4.69) is 22.9 Å². The van der Waals surface area contributed by atoms with E-state index in [0.717, 1.165) is 48.5 Å². The first kappa shape index (κ1) is 26.3. The van der Waals surface area contributed by atoms with E-state index in [1.807, 2.05) is 43.3 Å². The Bertz CT molecular complexity index is 1400. The van der Waals surface area contributed by atoms with Gasteiger partial charge in [-0.15, -0.1) is 0 Å². The van der Waals surface area contributed by atoms with Gasteiger partial charge >= 0.3 is 0 Å². The average Bonchev–Trinajstić information content (AvgIpc) is 2.92. The van der Waals surface area contributed by atoms with Gasteiger partial charge in [0.15, 0.2) is 11.5 Å². The van der Waals surface area contributed by atoms with Crippen LogP contribution < -0.4 is 19.1 Å². The lowest BCUT2D eigenvalue weighted by Crippen LogP contribution is -2.48. The van der Waals surface area contributed by atoms with E-state index < -0.39 is 10.1 Å². The summed E-state index contributed by atoms with van der Waals surface area (Å²) in [5.74, 6) is 2.13. The number of piperidine rings is 1. The van der Waals surface area contributed by atoms with Gasteiger partial charge in [-0.3, -0.25) is 9.45 Å². The van der Waals surface area contributed by atoms with Crippen molar-refractivity contribution < 1.29 is 27.2 Å². The highest BCUT2D eigenvalue weighted by atomic mass is 32.2. The number of fused-ring (bicyclic) bond motifs is 1. The van der Waals surface area contributed by atoms with Crippen LogP contribution in [0.3, 0.4) is 0 Å². The van der Waals surface area contributed by atoms with Crippen LogP contribution >= 0.6 is 0 Å². The van der Waals surface area contributed by atoms with Crippen LogP contribution in [0.25, 0.3) is 11.1 Å². The lowest BCUT2D eigenvalue weighted by atomic mass is 9.99. The molecular formula is C29H34N2O6S. The minimum atomic E-state index is -4.33. The molecule has 3 aromatic carbocycles. The van der Waals surface area contributed by atoms with E-state index in [4.69, 9.17) is 14.2 Å². The molecule has 0 aliphatic carbocycles. The molecule has 202 valence electrons. The second-order valence-corrected chi connectivity index (χ2v) is 11.4. The minimum absolute atomic E-state index is 0.150. The third kappa shape index (κ3) is 5.45. The Balaban J connectivity index is 1.28. The molecule has 1 saturated heterocycles. The quantitative estimate of drug-likeness (QED) is 0.435. The van der Waals surface area contributed by atoms with Crippen molar-refractivity contribution in [2.24, 2.45) is 0 Å². The molecule has 38 heavy (non-hydrogen) atoms. The molecule has 9 heteroatoms. The molecule has 3 aromatic rings. The number of anilines is 1. The van der Waals surface area contributed by atoms with E-state index >= 15 is 0 Å². The molecule has 2 aliphatic rings. The number of hydrogen-bond donors (Lipinski definition) is 1. The molecule has 1 atom stereocenters. The number of ether oxygens (including phenoxy) is 3. The molecule has 8 nitrogen and oxygen atoms in total. The zero-order valence-electron chi connectivity index (χ0n) is 22.0. The fourth-order valence-electron chi connectivity index (χ4n) is 5.40. The lowest BCUT2D eigenvalue weighted by Gasteiger charge is -2.39. The maximum absolute atomic E-state index is 11.8. The van der Waals surface area contributed by atoms with Gasteiger partial charge < -0.3 is 19.1 Å². The van der Waals surface area contributed by atoms with E-state index in [0.29, 0.717) is 36.3 Å². The molecule has 0 radical (unpaired) electrons. The van der Waals surface area contributed by atoms with Crippen LogP contribution in [0.2, 0.25) is 0 Å². The number of likely N-dealkylation sites (N-methyl/N-ethyl adjacent to an activating group) is 1. The third-order valence-corrected chi connectivity index (χ3v) is 8.34. The number of benzene rings is 3. The summed E-state index contributed by atoms with van der Waals surface area (Å²) in [4.78, 5) is 4.59. The van der Waals surface area contributed by atoms with Crippen LogP contribution in [-0.4, -0.2) is 70.4 Å². The molecule has 0 aromatic heterocycles. The summed E-state index contributed by atoms with van der Waals surface area (Å²) in [6, 6.07) is 18.7. The number of nitrogens with zero attached hydrogens (tertiary/aromatic N) is 2. The van der Waals surface area contributed by atoms with Crippen LogP contribution in [0.15, 0.2) is 65.6 Å². The van der Waals surface area contributed by atoms with Crippen molar-refractivity contribution in [2.45, 2.75) is 36.8 Å². The van der Waals surface area contributed by atoms with Crippen molar-refractivity contribution in [3.63, 3.8) is 0 Å². The van der Waals surface area contributed by atoms with E-state index in [1.165, 1.54) is 12.1 Å². The number of para-hydroxylation sites is 3. The first-order valence-electron chi connectivity index (χ1n) is 12.8. The molecule has 2 heterocycles. The highest BCUT2D eigenvalue weighted by Gasteiger charge is 2.30. The Kier molecular flexibility index (Phi) is 7.52. The van der Waals surface area contributed by atoms with Crippen molar-refractivity contribution >= 4 is 15.8 Å². The Hall–Kier alpha value is -3.27. The van der Waals surface area contributed by atoms with Crippen LogP contribution in [0.5, 0.6) is 17.2 Å². The summed E-state index contributed by atoms with van der Waals surface area (Å²) >= 11 is 0. The lowest BCUT2D eigenvalue weighted by molar-refractivity contribution is 0.0513. The van der Waals surface area contributed by atoms with Gasteiger partial charge in [-0.25, -0.2) is 0 Å². The summed E-state index contributed by atoms with van der Waals surface area (Å²) in [6.45, 7) is 4.94. The molecule has 1 unspecified atom stereocenters. The first-order valence-corrected chi connectivity index (χ1v) is 14.3. The number of hydrogen-bond acceptors (Lipinski definition) is 7. The van der Waals surface area contributed by atoms with Crippen molar-refractivity contribution in [1.29, 1.82) is 0 Å². The Labute approximate surface area is 224 Å². The maximum atomic E-state index is 11.8. The van der Waals surface area contributed by atoms with Gasteiger partial charge in [-0.2, -0.15) is 8.42 Å². The minimum Gasteiger partial charge on any atom is -0.495 e. The molecule has 1 N–H and O–H groups in total. The Morgan fingerprint density at radius 1 is 1.05 bits per heavy atom. The molecule has 0 amide bonds. The van der Waals surface area contributed by atoms with Gasteiger partial charge in [-0.1, -0.05) is 30.3 Å². The second-order valence-electron chi connectivity index (χ2n) is 9.97. The normalized spacial score (nSPS) is 18.0. The molecular weight excluding hydrogens is 504 g/mol. The van der Waals surface area contributed by atoms with Crippen LogP contribution in [0, 0.1) is 6.92 Å². The predicted octanol–water partition coefficient (Wildman–Crippen LogP) is 4.66. The smallest absolute Gasteiger partial charge is 0.294 e. The molecule has 2 aliphatic heterocycles. The van der Waals surface area contributed by atoms with Crippen molar-refractivity contribution in [3.8, 4) is 28.4 Å². The van der Waals surface area contributed by atoms with Crippen molar-refractivity contribution in [1.82, 2.24) is 4.90 Å². The molecule has 0 spiro atoms. The van der Waals surface area contributed by atoms with Crippen molar-refractivity contribution in [2.75, 3.05) is 45.3 Å². The maximum Gasteiger partial charge on any atom is 0.294 e. The largest absolute Gasteiger partial charge is 0.495 e. The highest BCUT2D eigenvalue weighted by molar-refractivity contribution is 7.85. The number of rotatable bonds is 7. The number of aryl methyl sites for hydroxylation is 1. The topological polar surface area (TPSA) is 88.5 Å². The predicted molar refractivity (Wildman–Crippen MR) is 147 cm³/mol. The zero-order valence-corrected chi connectivity index (χ0v) is 22.8. The van der Waals surface area contributed by atoms with E-state index in [-0.39, 0.29) is 11.0 Å². The SMILES string of the molecule is COc1ccccc1N1CCC(N(C)CC2COc3cccc(-c4cc(S(=O)(=O)O)ccc4C)c3O2)CC1. The van der Waals surface area contributed by atoms with Crippen LogP contribution in [0.4, 0.5) is 5.69 Å². The molecule has 1 fully saturated rings. The Morgan fingerprint density at radius 3 is 2.55 bits per heavy atom. The average molecular weight is 539 g/mol. The van der Waals surface area contributed by atoms with Gasteiger partial charge in [0, 0.05) is 31.2 Å². The van der Waals surface area contributed by atoms with Gasteiger partial charge in [-0.05, 0) is 68.3 Å². The van der Waals surface area contributed by atoms with Gasteiger partial charge in [0.2, 0.25) is 0 Å². The fraction of sp³-hybridized carbons (Fsp3) is 0.379. The molecule has 0 saturated carbocycles. The monoisotopic (exact) mass is 538 g/mol. The number of methoxy groups -OCH3 is 1. The van der Waals surface area contributed by atoms with Crippen molar-refractivity contribution in [3.05, 3.63) is 66.2 Å². The van der Waals surface area contributed by atoms with Crippen LogP contribution in [0.1, 0.15) is 18.4 Å². The second kappa shape index (κ2) is 10.8. The fourth-order valence-corrected chi connectivity index (χ4v) is 5.90. The molecule has 0 bridgehead atoms. The summed E-state index contributed by atoms with van der Waals surface area (Å²) in [7, 11) is -0.482. The summed E-state index contributed by atoms with van der Waals surface area (Å²) < 4.78 is 51.2. The first-order chi connectivity index (χ1) is 18.2. The third-order valence-electron chi connectivity index (χ3n) is 7.49. The highest BCUT2D eigenvalue weighted by Crippen LogP contribution is 2.42. The van der Waals surface area contributed by atoms with Gasteiger partial charge in [0.25, 0.3) is 10.1 Å². The van der Waals surface area contributed by atoms with E-state index in [1.54, 1.807) is 13.2 Å². The summed E-state index contributed by atoms with van der Waals surface area (Å²) in [5, 5.41) is 0. The van der Waals surface area contributed by atoms with Gasteiger partial charge in [0.05, 0.1) is 17.7 Å². The summed E-state index contributed by atoms with van der Waals surface area (Å²) in [5.41, 5.74) is 3.43. The van der Waals surface area contributed by atoms with Gasteiger partial charge in [0.1, 0.15) is 18.5 Å². The Morgan fingerprint density at radius 2 is 1.82 bits per heavy atom.